The predicted octanol–water partition coefficient (Wildman–Crippen LogP) is 7.29. The lowest BCUT2D eigenvalue weighted by Crippen LogP contribution is -2.16. The van der Waals surface area contributed by atoms with E-state index in [9.17, 15) is 9.59 Å². The topological polar surface area (TPSA) is 52.6 Å². The molecule has 1 unspecified atom stereocenters. The molecule has 168 valence electrons. The number of esters is 2. The zero-order valence-corrected chi connectivity index (χ0v) is 19.0. The van der Waals surface area contributed by atoms with Gasteiger partial charge in [0.2, 0.25) is 0 Å². The first-order chi connectivity index (χ1) is 15.2. The van der Waals surface area contributed by atoms with Crippen LogP contribution in [0.3, 0.4) is 0 Å². The Labute approximate surface area is 187 Å². The first kappa shape index (κ1) is 24.6. The fraction of sp³-hybridized carbons (Fsp3) is 0.481. The smallest absolute Gasteiger partial charge is 0.339 e. The molecule has 0 aliphatic carbocycles. The van der Waals surface area contributed by atoms with Gasteiger partial charge in [0.15, 0.2) is 0 Å². The minimum absolute atomic E-state index is 0.248. The maximum atomic E-state index is 12.8. The Balaban J connectivity index is 1.85. The molecule has 0 saturated heterocycles. The summed E-state index contributed by atoms with van der Waals surface area (Å²) in [7, 11) is 0. The molecule has 0 heterocycles. The average molecular weight is 425 g/mol. The molecule has 2 aromatic carbocycles. The number of ether oxygens (including phenoxy) is 2. The second-order valence-electron chi connectivity index (χ2n) is 7.87. The molecule has 2 aromatic rings. The van der Waals surface area contributed by atoms with E-state index < -0.39 is 11.9 Å². The molecule has 0 spiro atoms. The molecule has 0 amide bonds. The molecule has 0 N–H and O–H groups in total. The third kappa shape index (κ3) is 8.56. The fourth-order valence-corrected chi connectivity index (χ4v) is 3.57. The number of carbonyl (C=O) groups excluding carboxylic acids is 2. The zero-order valence-electron chi connectivity index (χ0n) is 19.0. The van der Waals surface area contributed by atoms with Crippen molar-refractivity contribution in [1.29, 1.82) is 0 Å². The molecular formula is C27H36O4. The minimum Gasteiger partial charge on any atom is -0.462 e. The van der Waals surface area contributed by atoms with E-state index in [-0.39, 0.29) is 17.2 Å². The normalized spacial score (nSPS) is 11.7. The van der Waals surface area contributed by atoms with Crippen molar-refractivity contribution in [1.82, 2.24) is 0 Å². The first-order valence-corrected chi connectivity index (χ1v) is 11.7. The summed E-state index contributed by atoms with van der Waals surface area (Å²) in [6, 6.07) is 16.3. The summed E-state index contributed by atoms with van der Waals surface area (Å²) in [4.78, 5) is 25.4. The molecule has 4 heteroatoms. The molecule has 2 rings (SSSR count). The summed E-state index contributed by atoms with van der Waals surface area (Å²) in [6.45, 7) is 4.56. The summed E-state index contributed by atoms with van der Waals surface area (Å²) < 4.78 is 11.1. The minimum atomic E-state index is -0.504. The van der Waals surface area contributed by atoms with Crippen LogP contribution in [0.5, 0.6) is 0 Å². The Morgan fingerprint density at radius 3 is 1.87 bits per heavy atom. The van der Waals surface area contributed by atoms with Gasteiger partial charge in [-0.1, -0.05) is 101 Å². The van der Waals surface area contributed by atoms with Gasteiger partial charge in [0, 0.05) is 0 Å². The van der Waals surface area contributed by atoms with Crippen molar-refractivity contribution in [3.8, 4) is 0 Å². The van der Waals surface area contributed by atoms with Gasteiger partial charge in [0.05, 0.1) is 17.7 Å². The van der Waals surface area contributed by atoms with Crippen LogP contribution in [0, 0.1) is 0 Å². The van der Waals surface area contributed by atoms with E-state index in [1.54, 1.807) is 24.3 Å². The number of hydrogen-bond acceptors (Lipinski definition) is 4. The van der Waals surface area contributed by atoms with Crippen LogP contribution in [0.15, 0.2) is 54.6 Å². The Bertz CT molecular complexity index is 785. The summed E-state index contributed by atoms with van der Waals surface area (Å²) >= 11 is 0. The van der Waals surface area contributed by atoms with Crippen LogP contribution >= 0.6 is 0 Å². The number of carbonyl (C=O) groups is 2. The van der Waals surface area contributed by atoms with Gasteiger partial charge in [-0.25, -0.2) is 9.59 Å². The van der Waals surface area contributed by atoms with Gasteiger partial charge in [0.1, 0.15) is 6.10 Å². The average Bonchev–Trinajstić information content (AvgIpc) is 2.81. The summed E-state index contributed by atoms with van der Waals surface area (Å²) in [5.41, 5.74) is 1.45. The van der Waals surface area contributed by atoms with E-state index in [1.165, 1.54) is 38.5 Å². The quantitative estimate of drug-likeness (QED) is 0.236. The maximum absolute atomic E-state index is 12.8. The molecule has 0 bridgehead atoms. The van der Waals surface area contributed by atoms with Crippen LogP contribution in [0.25, 0.3) is 0 Å². The van der Waals surface area contributed by atoms with Gasteiger partial charge in [-0.15, -0.1) is 0 Å². The predicted molar refractivity (Wildman–Crippen MR) is 124 cm³/mol. The number of rotatable bonds is 14. The van der Waals surface area contributed by atoms with Crippen LogP contribution in [-0.2, 0) is 9.47 Å². The maximum Gasteiger partial charge on any atom is 0.339 e. The van der Waals surface area contributed by atoms with Gasteiger partial charge in [0.25, 0.3) is 0 Å². The fourth-order valence-electron chi connectivity index (χ4n) is 3.57. The summed E-state index contributed by atoms with van der Waals surface area (Å²) in [5, 5.41) is 0. The molecule has 31 heavy (non-hydrogen) atoms. The first-order valence-electron chi connectivity index (χ1n) is 11.7. The van der Waals surface area contributed by atoms with E-state index in [0.29, 0.717) is 13.0 Å². The van der Waals surface area contributed by atoms with Gasteiger partial charge in [-0.2, -0.15) is 0 Å². The Hall–Kier alpha value is -2.62. The largest absolute Gasteiger partial charge is 0.462 e. The van der Waals surface area contributed by atoms with E-state index >= 15 is 0 Å². The molecule has 0 radical (unpaired) electrons. The second-order valence-corrected chi connectivity index (χ2v) is 7.87. The molecule has 0 aromatic heterocycles. The monoisotopic (exact) mass is 424 g/mol. The second kappa shape index (κ2) is 14.4. The molecule has 0 fully saturated rings. The molecule has 1 atom stereocenters. The molecule has 4 nitrogen and oxygen atoms in total. The van der Waals surface area contributed by atoms with Gasteiger partial charge in [-0.05, 0) is 30.5 Å². The summed E-state index contributed by atoms with van der Waals surface area (Å²) in [5.74, 6) is -0.974. The van der Waals surface area contributed by atoms with E-state index in [1.807, 2.05) is 37.3 Å². The lowest BCUT2D eigenvalue weighted by molar-refractivity contribution is 0.0277. The van der Waals surface area contributed by atoms with Gasteiger partial charge in [-0.3, -0.25) is 0 Å². The SMILES string of the molecule is CCCCCCCCCCOC(=O)c1ccccc1C(=O)OC(CC)c1ccccc1. The van der Waals surface area contributed by atoms with Gasteiger partial charge < -0.3 is 9.47 Å². The van der Waals surface area contributed by atoms with Crippen molar-refractivity contribution in [2.24, 2.45) is 0 Å². The van der Waals surface area contributed by atoms with Crippen LogP contribution in [0.1, 0.15) is 104 Å². The van der Waals surface area contributed by atoms with Crippen LogP contribution < -0.4 is 0 Å². The molecular weight excluding hydrogens is 388 g/mol. The van der Waals surface area contributed by atoms with Crippen molar-refractivity contribution < 1.29 is 19.1 Å². The van der Waals surface area contributed by atoms with E-state index in [0.717, 1.165) is 18.4 Å². The lowest BCUT2D eigenvalue weighted by atomic mass is 10.1. The summed E-state index contributed by atoms with van der Waals surface area (Å²) in [6.07, 6.45) is 9.77. The van der Waals surface area contributed by atoms with Gasteiger partial charge >= 0.3 is 11.9 Å². The van der Waals surface area contributed by atoms with Crippen molar-refractivity contribution in [3.63, 3.8) is 0 Å². The van der Waals surface area contributed by atoms with E-state index in [4.69, 9.17) is 9.47 Å². The van der Waals surface area contributed by atoms with Crippen molar-refractivity contribution in [2.45, 2.75) is 77.7 Å². The van der Waals surface area contributed by atoms with E-state index in [2.05, 4.69) is 6.92 Å². The standard InChI is InChI=1S/C27H36O4/c1-3-5-6-7-8-9-10-16-21-30-26(28)23-19-14-15-20-24(23)27(29)31-25(4-2)22-17-12-11-13-18-22/h11-15,17-20,25H,3-10,16,21H2,1-2H3. The molecule has 0 aliphatic heterocycles. The highest BCUT2D eigenvalue weighted by molar-refractivity contribution is 6.03. The van der Waals surface area contributed by atoms with Crippen molar-refractivity contribution >= 4 is 11.9 Å². The third-order valence-electron chi connectivity index (χ3n) is 5.39. The highest BCUT2D eigenvalue weighted by atomic mass is 16.5. The lowest BCUT2D eigenvalue weighted by Gasteiger charge is -2.17. The number of benzene rings is 2. The number of unbranched alkanes of at least 4 members (excludes halogenated alkanes) is 7. The van der Waals surface area contributed by atoms with Crippen LogP contribution in [0.2, 0.25) is 0 Å². The van der Waals surface area contributed by atoms with Crippen LogP contribution in [-0.4, -0.2) is 18.5 Å². The van der Waals surface area contributed by atoms with Crippen LogP contribution in [0.4, 0.5) is 0 Å². The highest BCUT2D eigenvalue weighted by Gasteiger charge is 2.22. The molecule has 0 saturated carbocycles. The number of hydrogen-bond donors (Lipinski definition) is 0. The van der Waals surface area contributed by atoms with Crippen molar-refractivity contribution in [2.75, 3.05) is 6.61 Å². The van der Waals surface area contributed by atoms with Crippen molar-refractivity contribution in [3.05, 3.63) is 71.3 Å². The highest BCUT2D eigenvalue weighted by Crippen LogP contribution is 2.23. The third-order valence-corrected chi connectivity index (χ3v) is 5.39. The Morgan fingerprint density at radius 2 is 1.26 bits per heavy atom. The zero-order chi connectivity index (χ0) is 22.3. The Morgan fingerprint density at radius 1 is 0.710 bits per heavy atom. The Kier molecular flexibility index (Phi) is 11.4. The molecule has 0 aliphatic rings.